The number of hydrogen-bond donors (Lipinski definition) is 3. The molecule has 0 bridgehead atoms. The van der Waals surface area contributed by atoms with E-state index in [1.807, 2.05) is 55.5 Å². The summed E-state index contributed by atoms with van der Waals surface area (Å²) in [6, 6.07) is 17.0. The van der Waals surface area contributed by atoms with Crippen molar-refractivity contribution < 1.29 is 14.4 Å². The molecule has 0 saturated carbocycles. The molecule has 0 radical (unpaired) electrons. The molecule has 154 valence electrons. The van der Waals surface area contributed by atoms with Crippen LogP contribution in [-0.2, 0) is 9.59 Å². The lowest BCUT2D eigenvalue weighted by molar-refractivity contribution is -0.121. The Hall–Kier alpha value is -3.39. The summed E-state index contributed by atoms with van der Waals surface area (Å²) in [6.45, 7) is 2.01. The first-order valence-corrected chi connectivity index (χ1v) is 10.5. The molecule has 0 aliphatic rings. The number of rotatable bonds is 7. The highest BCUT2D eigenvalue weighted by Gasteiger charge is 2.14. The fourth-order valence-electron chi connectivity index (χ4n) is 2.83. The highest BCUT2D eigenvalue weighted by atomic mass is 32.2. The standard InChI is InChI=1S/C22H22N4O3S/c1-14-6-8-15(9-7-14)19-12-17(16-4-2-3-5-18(16)24-19)22(29)26-25-21(28)10-11-30-13-20(23)27/h2-9,12H,10-11,13H2,1H3,(H2,23,27)(H,25,28)(H,26,29). The predicted octanol–water partition coefficient (Wildman–Crippen LogP) is 2.58. The minimum Gasteiger partial charge on any atom is -0.369 e. The quantitative estimate of drug-likeness (QED) is 0.400. The molecular formula is C22H22N4O3S. The highest BCUT2D eigenvalue weighted by molar-refractivity contribution is 7.99. The van der Waals surface area contributed by atoms with Gasteiger partial charge >= 0.3 is 0 Å². The molecule has 30 heavy (non-hydrogen) atoms. The molecule has 8 heteroatoms. The minimum atomic E-state index is -0.430. The van der Waals surface area contributed by atoms with Gasteiger partial charge in [-0.1, -0.05) is 48.0 Å². The average Bonchev–Trinajstić information content (AvgIpc) is 2.74. The number of fused-ring (bicyclic) bond motifs is 1. The summed E-state index contributed by atoms with van der Waals surface area (Å²) < 4.78 is 0. The van der Waals surface area contributed by atoms with E-state index in [0.29, 0.717) is 27.9 Å². The van der Waals surface area contributed by atoms with Crippen molar-refractivity contribution in [3.63, 3.8) is 0 Å². The lowest BCUT2D eigenvalue weighted by Gasteiger charge is -2.11. The molecule has 0 saturated heterocycles. The second-order valence-corrected chi connectivity index (χ2v) is 7.81. The molecule has 3 amide bonds. The largest absolute Gasteiger partial charge is 0.369 e. The summed E-state index contributed by atoms with van der Waals surface area (Å²) in [7, 11) is 0. The highest BCUT2D eigenvalue weighted by Crippen LogP contribution is 2.25. The van der Waals surface area contributed by atoms with E-state index in [0.717, 1.165) is 11.1 Å². The van der Waals surface area contributed by atoms with Crippen LogP contribution in [0.1, 0.15) is 22.3 Å². The van der Waals surface area contributed by atoms with Crippen LogP contribution in [-0.4, -0.2) is 34.2 Å². The normalized spacial score (nSPS) is 10.6. The third kappa shape index (κ3) is 5.57. The third-order valence-electron chi connectivity index (χ3n) is 4.34. The zero-order chi connectivity index (χ0) is 21.5. The predicted molar refractivity (Wildman–Crippen MR) is 119 cm³/mol. The van der Waals surface area contributed by atoms with Gasteiger partial charge in [0, 0.05) is 23.1 Å². The van der Waals surface area contributed by atoms with Crippen molar-refractivity contribution in [2.24, 2.45) is 5.73 Å². The number of benzene rings is 2. The zero-order valence-corrected chi connectivity index (χ0v) is 17.3. The van der Waals surface area contributed by atoms with Crippen LogP contribution in [0.2, 0.25) is 0 Å². The van der Waals surface area contributed by atoms with Gasteiger partial charge in [0.2, 0.25) is 11.8 Å². The number of thioether (sulfide) groups is 1. The van der Waals surface area contributed by atoms with Gasteiger partial charge in [0.1, 0.15) is 0 Å². The Kier molecular flexibility index (Phi) is 7.03. The van der Waals surface area contributed by atoms with E-state index in [9.17, 15) is 14.4 Å². The van der Waals surface area contributed by atoms with E-state index < -0.39 is 11.8 Å². The van der Waals surface area contributed by atoms with Crippen molar-refractivity contribution in [1.82, 2.24) is 15.8 Å². The number of para-hydroxylation sites is 1. The van der Waals surface area contributed by atoms with E-state index in [4.69, 9.17) is 5.73 Å². The SMILES string of the molecule is Cc1ccc(-c2cc(C(=O)NNC(=O)CCSCC(N)=O)c3ccccc3n2)cc1. The topological polar surface area (TPSA) is 114 Å². The molecule has 0 fully saturated rings. The van der Waals surface area contributed by atoms with Crippen LogP contribution in [0.4, 0.5) is 0 Å². The molecule has 0 spiro atoms. The Bertz CT molecular complexity index is 1080. The lowest BCUT2D eigenvalue weighted by Crippen LogP contribution is -2.41. The molecule has 0 aliphatic heterocycles. The maximum Gasteiger partial charge on any atom is 0.270 e. The van der Waals surface area contributed by atoms with Crippen molar-refractivity contribution in [2.45, 2.75) is 13.3 Å². The summed E-state index contributed by atoms with van der Waals surface area (Å²) in [5.41, 5.74) is 13.7. The van der Waals surface area contributed by atoms with Gasteiger partial charge in [-0.05, 0) is 19.1 Å². The van der Waals surface area contributed by atoms with Crippen LogP contribution in [0.25, 0.3) is 22.2 Å². The first kappa shape index (κ1) is 21.3. The van der Waals surface area contributed by atoms with Crippen molar-refractivity contribution in [2.75, 3.05) is 11.5 Å². The molecular weight excluding hydrogens is 400 g/mol. The summed E-state index contributed by atoms with van der Waals surface area (Å²) in [5.74, 6) is -0.620. The second kappa shape index (κ2) is 9.89. The van der Waals surface area contributed by atoms with E-state index >= 15 is 0 Å². The van der Waals surface area contributed by atoms with Crippen molar-refractivity contribution in [3.05, 3.63) is 65.7 Å². The number of nitrogens with two attached hydrogens (primary N) is 1. The fourth-order valence-corrected chi connectivity index (χ4v) is 3.50. The van der Waals surface area contributed by atoms with E-state index in [1.54, 1.807) is 6.07 Å². The smallest absolute Gasteiger partial charge is 0.270 e. The van der Waals surface area contributed by atoms with Gasteiger partial charge in [0.05, 0.1) is 22.5 Å². The number of amides is 3. The van der Waals surface area contributed by atoms with Crippen molar-refractivity contribution in [1.29, 1.82) is 0 Å². The van der Waals surface area contributed by atoms with E-state index in [2.05, 4.69) is 15.8 Å². The lowest BCUT2D eigenvalue weighted by atomic mass is 10.0. The third-order valence-corrected chi connectivity index (χ3v) is 5.32. The summed E-state index contributed by atoms with van der Waals surface area (Å²) in [6.07, 6.45) is 0.157. The number of nitrogens with one attached hydrogen (secondary N) is 2. The van der Waals surface area contributed by atoms with Gasteiger partial charge in [-0.2, -0.15) is 11.8 Å². The number of aryl methyl sites for hydroxylation is 1. The van der Waals surface area contributed by atoms with Crippen LogP contribution in [0.15, 0.2) is 54.6 Å². The molecule has 4 N–H and O–H groups in total. The van der Waals surface area contributed by atoms with Gasteiger partial charge in [-0.25, -0.2) is 4.98 Å². The van der Waals surface area contributed by atoms with Crippen molar-refractivity contribution in [3.8, 4) is 11.3 Å². The van der Waals surface area contributed by atoms with E-state index in [1.165, 1.54) is 11.8 Å². The van der Waals surface area contributed by atoms with Gasteiger partial charge in [-0.15, -0.1) is 0 Å². The number of aromatic nitrogens is 1. The summed E-state index contributed by atoms with van der Waals surface area (Å²) >= 11 is 1.27. The van der Waals surface area contributed by atoms with Gasteiger partial charge < -0.3 is 5.73 Å². The average molecular weight is 423 g/mol. The number of pyridine rings is 1. The summed E-state index contributed by atoms with van der Waals surface area (Å²) in [5, 5.41) is 0.692. The molecule has 7 nitrogen and oxygen atoms in total. The van der Waals surface area contributed by atoms with Crippen LogP contribution in [0, 0.1) is 6.92 Å². The maximum atomic E-state index is 12.8. The molecule has 0 atom stereocenters. The Morgan fingerprint density at radius 3 is 2.50 bits per heavy atom. The second-order valence-electron chi connectivity index (χ2n) is 6.71. The molecule has 1 aromatic heterocycles. The molecule has 3 rings (SSSR count). The number of hydrazine groups is 1. The Morgan fingerprint density at radius 2 is 1.77 bits per heavy atom. The summed E-state index contributed by atoms with van der Waals surface area (Å²) in [4.78, 5) is 40.1. The molecule has 1 heterocycles. The molecule has 0 aliphatic carbocycles. The van der Waals surface area contributed by atoms with Crippen LogP contribution in [0.3, 0.4) is 0 Å². The first-order chi connectivity index (χ1) is 14.4. The molecule has 3 aromatic rings. The number of primary amides is 1. The Morgan fingerprint density at radius 1 is 1.03 bits per heavy atom. The van der Waals surface area contributed by atoms with Crippen LogP contribution >= 0.6 is 11.8 Å². The van der Waals surface area contributed by atoms with Crippen LogP contribution in [0.5, 0.6) is 0 Å². The van der Waals surface area contributed by atoms with Gasteiger partial charge in [0.15, 0.2) is 0 Å². The minimum absolute atomic E-state index is 0.157. The Labute approximate surface area is 178 Å². The number of nitrogens with zero attached hydrogens (tertiary/aromatic N) is 1. The van der Waals surface area contributed by atoms with Gasteiger partial charge in [-0.3, -0.25) is 25.2 Å². The molecule has 0 unspecified atom stereocenters. The maximum absolute atomic E-state index is 12.8. The van der Waals surface area contributed by atoms with E-state index in [-0.39, 0.29) is 18.1 Å². The Balaban J connectivity index is 1.75. The number of hydrogen-bond acceptors (Lipinski definition) is 5. The number of carbonyl (C=O) groups excluding carboxylic acids is 3. The number of carbonyl (C=O) groups is 3. The fraction of sp³-hybridized carbons (Fsp3) is 0.182. The zero-order valence-electron chi connectivity index (χ0n) is 16.5. The molecule has 2 aromatic carbocycles. The van der Waals surface area contributed by atoms with Crippen LogP contribution < -0.4 is 16.6 Å². The van der Waals surface area contributed by atoms with Crippen molar-refractivity contribution >= 4 is 40.4 Å². The first-order valence-electron chi connectivity index (χ1n) is 9.36. The van der Waals surface area contributed by atoms with Gasteiger partial charge in [0.25, 0.3) is 5.91 Å². The monoisotopic (exact) mass is 422 g/mol.